The fourth-order valence-electron chi connectivity index (χ4n) is 3.84. The number of hydrogen-bond donors (Lipinski definition) is 2. The average molecular weight is 481 g/mol. The number of aromatic nitrogens is 2. The highest BCUT2D eigenvalue weighted by Gasteiger charge is 2.32. The Bertz CT molecular complexity index is 1290. The quantitative estimate of drug-likeness (QED) is 0.375. The molecule has 1 aliphatic heterocycles. The summed E-state index contributed by atoms with van der Waals surface area (Å²) in [4.78, 5) is 41.1. The number of methoxy groups -OCH3 is 1. The zero-order chi connectivity index (χ0) is 24.2. The van der Waals surface area contributed by atoms with E-state index in [9.17, 15) is 14.4 Å². The molecule has 0 radical (unpaired) electrons. The van der Waals surface area contributed by atoms with E-state index in [0.717, 1.165) is 5.56 Å². The number of amides is 2. The highest BCUT2D eigenvalue weighted by atomic mass is 32.2. The molecule has 0 saturated carbocycles. The molecule has 10 heteroatoms. The van der Waals surface area contributed by atoms with E-state index in [1.165, 1.54) is 18.9 Å². The molecular formula is C24H24N4O5S. The molecule has 2 amide bonds. The lowest BCUT2D eigenvalue weighted by Crippen LogP contribution is -2.33. The van der Waals surface area contributed by atoms with Crippen LogP contribution in [0, 0.1) is 0 Å². The molecule has 2 aromatic carbocycles. The van der Waals surface area contributed by atoms with E-state index in [2.05, 4.69) is 10.3 Å². The molecule has 3 N–H and O–H groups in total. The van der Waals surface area contributed by atoms with E-state index in [4.69, 9.17) is 15.2 Å². The maximum atomic E-state index is 13.1. The highest BCUT2D eigenvalue weighted by molar-refractivity contribution is 7.98. The predicted octanol–water partition coefficient (Wildman–Crippen LogP) is 2.42. The van der Waals surface area contributed by atoms with Crippen LogP contribution in [0.2, 0.25) is 0 Å². The standard InChI is InChI=1S/C24H24N4O5S/c1-28-22-21(23(31)27-24(28)34-13-14-6-4-3-5-7-14)16(11-20(30)26-22)15-8-9-17(18(10-15)32-2)33-12-19(25)29/h3-10,16H,11-13H2,1-2H3,(H2,25,29)(H,26,30)/t16-/m1/s1. The van der Waals surface area contributed by atoms with Gasteiger partial charge >= 0.3 is 0 Å². The molecule has 2 heterocycles. The number of fused-ring (bicyclic) bond motifs is 1. The van der Waals surface area contributed by atoms with E-state index < -0.39 is 11.8 Å². The van der Waals surface area contributed by atoms with Crippen molar-refractivity contribution in [1.82, 2.24) is 9.55 Å². The van der Waals surface area contributed by atoms with Crippen molar-refractivity contribution in [1.29, 1.82) is 0 Å². The van der Waals surface area contributed by atoms with E-state index >= 15 is 0 Å². The first-order valence-corrected chi connectivity index (χ1v) is 11.5. The lowest BCUT2D eigenvalue weighted by molar-refractivity contribution is -0.120. The largest absolute Gasteiger partial charge is 0.493 e. The van der Waals surface area contributed by atoms with Gasteiger partial charge in [-0.15, -0.1) is 0 Å². The Morgan fingerprint density at radius 1 is 1.21 bits per heavy atom. The van der Waals surface area contributed by atoms with Crippen molar-refractivity contribution < 1.29 is 19.1 Å². The third-order valence-electron chi connectivity index (χ3n) is 5.47. The number of benzene rings is 2. The number of primary amides is 1. The van der Waals surface area contributed by atoms with Gasteiger partial charge in [0.15, 0.2) is 23.3 Å². The molecule has 1 aromatic heterocycles. The van der Waals surface area contributed by atoms with Crippen molar-refractivity contribution in [3.05, 3.63) is 75.6 Å². The zero-order valence-corrected chi connectivity index (χ0v) is 19.6. The van der Waals surface area contributed by atoms with E-state index in [1.807, 2.05) is 30.3 Å². The van der Waals surface area contributed by atoms with E-state index in [0.29, 0.717) is 39.4 Å². The van der Waals surface area contributed by atoms with Crippen molar-refractivity contribution in [2.75, 3.05) is 19.0 Å². The molecule has 0 spiro atoms. The SMILES string of the molecule is COc1cc([C@H]2CC(=O)Nc3c2c(=O)nc(SCc2ccccc2)n3C)ccc1OCC(N)=O. The van der Waals surface area contributed by atoms with Gasteiger partial charge in [0, 0.05) is 25.1 Å². The van der Waals surface area contributed by atoms with Crippen molar-refractivity contribution >= 4 is 29.4 Å². The van der Waals surface area contributed by atoms with Crippen LogP contribution >= 0.6 is 11.8 Å². The van der Waals surface area contributed by atoms with Crippen molar-refractivity contribution in [2.24, 2.45) is 12.8 Å². The van der Waals surface area contributed by atoms with Crippen LogP contribution in [0.15, 0.2) is 58.5 Å². The molecule has 0 saturated heterocycles. The summed E-state index contributed by atoms with van der Waals surface area (Å²) >= 11 is 1.43. The van der Waals surface area contributed by atoms with Gasteiger partial charge in [-0.25, -0.2) is 0 Å². The van der Waals surface area contributed by atoms with Gasteiger partial charge in [-0.3, -0.25) is 14.4 Å². The van der Waals surface area contributed by atoms with Gasteiger partial charge in [0.2, 0.25) is 5.91 Å². The minimum absolute atomic E-state index is 0.0884. The normalized spacial score (nSPS) is 14.8. The van der Waals surface area contributed by atoms with Crippen LogP contribution in [-0.2, 0) is 22.4 Å². The number of carbonyl (C=O) groups excluding carboxylic acids is 2. The molecular weight excluding hydrogens is 456 g/mol. The first-order valence-electron chi connectivity index (χ1n) is 10.5. The number of nitrogens with two attached hydrogens (primary N) is 1. The summed E-state index contributed by atoms with van der Waals surface area (Å²) in [7, 11) is 3.25. The smallest absolute Gasteiger partial charge is 0.279 e. The Balaban J connectivity index is 1.69. The number of hydrogen-bond acceptors (Lipinski definition) is 7. The van der Waals surface area contributed by atoms with Gasteiger partial charge in [0.05, 0.1) is 12.7 Å². The Labute approximate surface area is 200 Å². The molecule has 1 atom stereocenters. The summed E-state index contributed by atoms with van der Waals surface area (Å²) in [5, 5.41) is 3.36. The number of nitrogens with one attached hydrogen (secondary N) is 1. The Kier molecular flexibility index (Phi) is 6.87. The molecule has 9 nitrogen and oxygen atoms in total. The highest BCUT2D eigenvalue weighted by Crippen LogP contribution is 2.39. The number of anilines is 1. The fourth-order valence-corrected chi connectivity index (χ4v) is 4.76. The topological polar surface area (TPSA) is 126 Å². The number of thioether (sulfide) groups is 1. The van der Waals surface area contributed by atoms with Crippen LogP contribution in [0.1, 0.15) is 29.0 Å². The second-order valence-electron chi connectivity index (χ2n) is 7.77. The molecule has 0 unspecified atom stereocenters. The number of nitrogens with zero attached hydrogens (tertiary/aromatic N) is 2. The predicted molar refractivity (Wildman–Crippen MR) is 128 cm³/mol. The maximum Gasteiger partial charge on any atom is 0.279 e. The summed E-state index contributed by atoms with van der Waals surface area (Å²) in [6, 6.07) is 14.9. The van der Waals surface area contributed by atoms with E-state index in [1.54, 1.807) is 29.8 Å². The first-order chi connectivity index (χ1) is 16.4. The van der Waals surface area contributed by atoms with Gasteiger partial charge in [0.1, 0.15) is 5.82 Å². The number of ether oxygens (including phenoxy) is 2. The molecule has 4 rings (SSSR count). The minimum Gasteiger partial charge on any atom is -0.493 e. The molecule has 0 aliphatic carbocycles. The molecule has 3 aromatic rings. The molecule has 0 bridgehead atoms. The van der Waals surface area contributed by atoms with E-state index in [-0.39, 0.29) is 24.5 Å². The first kappa shape index (κ1) is 23.4. The van der Waals surface area contributed by atoms with Crippen molar-refractivity contribution in [3.63, 3.8) is 0 Å². The second-order valence-corrected chi connectivity index (χ2v) is 8.71. The summed E-state index contributed by atoms with van der Waals surface area (Å²) < 4.78 is 12.5. The molecule has 34 heavy (non-hydrogen) atoms. The Morgan fingerprint density at radius 3 is 2.68 bits per heavy atom. The fraction of sp³-hybridized carbons (Fsp3) is 0.250. The lowest BCUT2D eigenvalue weighted by atomic mass is 9.86. The summed E-state index contributed by atoms with van der Waals surface area (Å²) in [6.45, 7) is -0.293. The van der Waals surface area contributed by atoms with Crippen LogP contribution in [-0.4, -0.2) is 35.1 Å². The number of carbonyl (C=O) groups is 2. The maximum absolute atomic E-state index is 13.1. The van der Waals surface area contributed by atoms with Gasteiger partial charge in [-0.2, -0.15) is 4.98 Å². The van der Waals surface area contributed by atoms with Crippen LogP contribution < -0.4 is 26.1 Å². The molecule has 176 valence electrons. The van der Waals surface area contributed by atoms with Crippen molar-refractivity contribution in [3.8, 4) is 11.5 Å². The summed E-state index contributed by atoms with van der Waals surface area (Å²) in [5.74, 6) is 0.453. The van der Waals surface area contributed by atoms with Gasteiger partial charge < -0.3 is 25.1 Å². The zero-order valence-electron chi connectivity index (χ0n) is 18.7. The Hall–Kier alpha value is -3.79. The third kappa shape index (κ3) is 4.91. The van der Waals surface area contributed by atoms with Crippen LogP contribution in [0.25, 0.3) is 0 Å². The van der Waals surface area contributed by atoms with Crippen LogP contribution in [0.3, 0.4) is 0 Å². The van der Waals surface area contributed by atoms with Gasteiger partial charge in [0.25, 0.3) is 11.5 Å². The monoisotopic (exact) mass is 480 g/mol. The Morgan fingerprint density at radius 2 is 1.97 bits per heavy atom. The molecule has 0 fully saturated rings. The molecule has 1 aliphatic rings. The number of rotatable bonds is 8. The van der Waals surface area contributed by atoms with Gasteiger partial charge in [-0.1, -0.05) is 48.2 Å². The van der Waals surface area contributed by atoms with Gasteiger partial charge in [-0.05, 0) is 23.3 Å². The third-order valence-corrected chi connectivity index (χ3v) is 6.57. The van der Waals surface area contributed by atoms with Crippen LogP contribution in [0.4, 0.5) is 5.82 Å². The average Bonchev–Trinajstić information content (AvgIpc) is 2.84. The summed E-state index contributed by atoms with van der Waals surface area (Å²) in [5.41, 5.74) is 6.98. The van der Waals surface area contributed by atoms with Crippen molar-refractivity contribution in [2.45, 2.75) is 23.2 Å². The summed E-state index contributed by atoms with van der Waals surface area (Å²) in [6.07, 6.45) is 0.0884. The second kappa shape index (κ2) is 10.0. The van der Waals surface area contributed by atoms with Crippen LogP contribution in [0.5, 0.6) is 11.5 Å². The lowest BCUT2D eigenvalue weighted by Gasteiger charge is -2.28. The minimum atomic E-state index is -0.612.